The molecule has 4 nitrogen and oxygen atoms in total. The molecule has 1 saturated heterocycles. The van der Waals surface area contributed by atoms with Gasteiger partial charge in [-0.3, -0.25) is 4.90 Å². The molecular formula is C13H23N3O. The molecule has 1 N–H and O–H groups in total. The van der Waals surface area contributed by atoms with E-state index in [0.29, 0.717) is 6.04 Å². The van der Waals surface area contributed by atoms with Gasteiger partial charge in [0, 0.05) is 24.7 Å². The minimum absolute atomic E-state index is 0.623. The first-order chi connectivity index (χ1) is 8.18. The lowest BCUT2D eigenvalue weighted by molar-refractivity contribution is 0.251. The van der Waals surface area contributed by atoms with E-state index in [2.05, 4.69) is 22.3 Å². The van der Waals surface area contributed by atoms with Crippen molar-refractivity contribution in [3.63, 3.8) is 0 Å². The minimum atomic E-state index is 0.623. The Labute approximate surface area is 103 Å². The number of aryl methyl sites for hydroxylation is 2. The summed E-state index contributed by atoms with van der Waals surface area (Å²) in [7, 11) is 0. The molecule has 96 valence electrons. The predicted octanol–water partition coefficient (Wildman–Crippen LogP) is 1.87. The Hall–Kier alpha value is -0.870. The monoisotopic (exact) mass is 237 g/mol. The Morgan fingerprint density at radius 3 is 2.65 bits per heavy atom. The standard InChI is InChI=1S/C13H23N3O/c1-10(16-6-4-5-7-16)8-14-9-13-11(2)15-17-12(13)3/h10,14H,4-9H2,1-3H3. The number of rotatable bonds is 5. The summed E-state index contributed by atoms with van der Waals surface area (Å²) < 4.78 is 5.15. The van der Waals surface area contributed by atoms with Crippen molar-refractivity contribution in [2.45, 2.75) is 46.2 Å². The maximum atomic E-state index is 5.15. The highest BCUT2D eigenvalue weighted by molar-refractivity contribution is 5.20. The summed E-state index contributed by atoms with van der Waals surface area (Å²) in [6.45, 7) is 10.7. The summed E-state index contributed by atoms with van der Waals surface area (Å²) in [4.78, 5) is 2.56. The van der Waals surface area contributed by atoms with Gasteiger partial charge in [-0.1, -0.05) is 5.16 Å². The van der Waals surface area contributed by atoms with Gasteiger partial charge in [0.15, 0.2) is 0 Å². The third kappa shape index (κ3) is 3.07. The number of aromatic nitrogens is 1. The van der Waals surface area contributed by atoms with Crippen molar-refractivity contribution in [2.75, 3.05) is 19.6 Å². The van der Waals surface area contributed by atoms with E-state index in [-0.39, 0.29) is 0 Å². The summed E-state index contributed by atoms with van der Waals surface area (Å²) in [6, 6.07) is 0.623. The summed E-state index contributed by atoms with van der Waals surface area (Å²) >= 11 is 0. The van der Waals surface area contributed by atoms with Crippen LogP contribution in [0.3, 0.4) is 0 Å². The SMILES string of the molecule is Cc1noc(C)c1CNCC(C)N1CCCC1. The van der Waals surface area contributed by atoms with Crippen molar-refractivity contribution >= 4 is 0 Å². The Balaban J connectivity index is 1.75. The molecular weight excluding hydrogens is 214 g/mol. The van der Waals surface area contributed by atoms with Gasteiger partial charge in [0.2, 0.25) is 0 Å². The lowest BCUT2D eigenvalue weighted by atomic mass is 10.2. The van der Waals surface area contributed by atoms with Gasteiger partial charge in [0.05, 0.1) is 5.69 Å². The second-order valence-electron chi connectivity index (χ2n) is 5.03. The van der Waals surface area contributed by atoms with E-state index in [1.165, 1.54) is 31.5 Å². The van der Waals surface area contributed by atoms with Crippen LogP contribution in [0.2, 0.25) is 0 Å². The maximum absolute atomic E-state index is 5.15. The molecule has 0 amide bonds. The van der Waals surface area contributed by atoms with Gasteiger partial charge >= 0.3 is 0 Å². The first-order valence-corrected chi connectivity index (χ1v) is 6.55. The highest BCUT2D eigenvalue weighted by atomic mass is 16.5. The zero-order chi connectivity index (χ0) is 12.3. The normalized spacial score (nSPS) is 18.8. The van der Waals surface area contributed by atoms with Crippen molar-refractivity contribution in [1.29, 1.82) is 0 Å². The molecule has 0 aliphatic carbocycles. The zero-order valence-electron chi connectivity index (χ0n) is 11.1. The van der Waals surface area contributed by atoms with Crippen molar-refractivity contribution in [3.05, 3.63) is 17.0 Å². The van der Waals surface area contributed by atoms with Gasteiger partial charge in [-0.15, -0.1) is 0 Å². The zero-order valence-corrected chi connectivity index (χ0v) is 11.1. The van der Waals surface area contributed by atoms with Crippen LogP contribution in [0, 0.1) is 13.8 Å². The Morgan fingerprint density at radius 2 is 2.06 bits per heavy atom. The van der Waals surface area contributed by atoms with E-state index in [4.69, 9.17) is 4.52 Å². The third-order valence-corrected chi connectivity index (χ3v) is 3.69. The van der Waals surface area contributed by atoms with Crippen LogP contribution >= 0.6 is 0 Å². The molecule has 1 aromatic rings. The Kier molecular flexibility index (Phi) is 4.18. The second-order valence-corrected chi connectivity index (χ2v) is 5.03. The van der Waals surface area contributed by atoms with E-state index < -0.39 is 0 Å². The van der Waals surface area contributed by atoms with Gasteiger partial charge in [-0.25, -0.2) is 0 Å². The summed E-state index contributed by atoms with van der Waals surface area (Å²) in [5.74, 6) is 0.934. The lowest BCUT2D eigenvalue weighted by Gasteiger charge is -2.23. The second kappa shape index (κ2) is 5.65. The van der Waals surface area contributed by atoms with Gasteiger partial charge in [0.1, 0.15) is 5.76 Å². The largest absolute Gasteiger partial charge is 0.361 e. The fourth-order valence-electron chi connectivity index (χ4n) is 2.47. The third-order valence-electron chi connectivity index (χ3n) is 3.69. The number of nitrogens with zero attached hydrogens (tertiary/aromatic N) is 2. The van der Waals surface area contributed by atoms with Crippen molar-refractivity contribution in [1.82, 2.24) is 15.4 Å². The maximum Gasteiger partial charge on any atom is 0.138 e. The molecule has 0 aromatic carbocycles. The first kappa shape index (κ1) is 12.6. The lowest BCUT2D eigenvalue weighted by Crippen LogP contribution is -2.38. The predicted molar refractivity (Wildman–Crippen MR) is 68.0 cm³/mol. The molecule has 1 fully saturated rings. The van der Waals surface area contributed by atoms with Crippen LogP contribution in [-0.2, 0) is 6.54 Å². The topological polar surface area (TPSA) is 41.3 Å². The van der Waals surface area contributed by atoms with E-state index in [0.717, 1.165) is 24.5 Å². The van der Waals surface area contributed by atoms with Crippen LogP contribution in [0.1, 0.15) is 36.8 Å². The number of likely N-dealkylation sites (tertiary alicyclic amines) is 1. The molecule has 1 aliphatic heterocycles. The fourth-order valence-corrected chi connectivity index (χ4v) is 2.47. The number of nitrogens with one attached hydrogen (secondary N) is 1. The van der Waals surface area contributed by atoms with Crippen LogP contribution in [-0.4, -0.2) is 35.7 Å². The fraction of sp³-hybridized carbons (Fsp3) is 0.769. The molecule has 0 spiro atoms. The first-order valence-electron chi connectivity index (χ1n) is 6.55. The summed E-state index contributed by atoms with van der Waals surface area (Å²) in [6.07, 6.45) is 2.71. The molecule has 0 saturated carbocycles. The summed E-state index contributed by atoms with van der Waals surface area (Å²) in [5, 5.41) is 7.47. The molecule has 0 bridgehead atoms. The van der Waals surface area contributed by atoms with Crippen molar-refractivity contribution in [3.8, 4) is 0 Å². The smallest absolute Gasteiger partial charge is 0.138 e. The van der Waals surface area contributed by atoms with Crippen LogP contribution in [0.4, 0.5) is 0 Å². The van der Waals surface area contributed by atoms with Crippen molar-refractivity contribution in [2.24, 2.45) is 0 Å². The molecule has 1 aromatic heterocycles. The molecule has 2 heterocycles. The van der Waals surface area contributed by atoms with Gasteiger partial charge in [-0.05, 0) is 46.7 Å². The average molecular weight is 237 g/mol. The molecule has 4 heteroatoms. The minimum Gasteiger partial charge on any atom is -0.361 e. The van der Waals surface area contributed by atoms with E-state index in [9.17, 15) is 0 Å². The van der Waals surface area contributed by atoms with E-state index >= 15 is 0 Å². The van der Waals surface area contributed by atoms with Gasteiger partial charge in [0.25, 0.3) is 0 Å². The number of hydrogen-bond acceptors (Lipinski definition) is 4. The summed E-state index contributed by atoms with van der Waals surface area (Å²) in [5.41, 5.74) is 2.21. The van der Waals surface area contributed by atoms with Gasteiger partial charge in [-0.2, -0.15) is 0 Å². The molecule has 2 rings (SSSR count). The quantitative estimate of drug-likeness (QED) is 0.849. The van der Waals surface area contributed by atoms with Crippen LogP contribution < -0.4 is 5.32 Å². The Bertz CT molecular complexity index is 336. The molecule has 17 heavy (non-hydrogen) atoms. The number of hydrogen-bond donors (Lipinski definition) is 1. The van der Waals surface area contributed by atoms with Crippen LogP contribution in [0.25, 0.3) is 0 Å². The molecule has 1 atom stereocenters. The molecule has 1 aliphatic rings. The highest BCUT2D eigenvalue weighted by Crippen LogP contribution is 2.13. The van der Waals surface area contributed by atoms with Gasteiger partial charge < -0.3 is 9.84 Å². The molecule has 1 unspecified atom stereocenters. The Morgan fingerprint density at radius 1 is 1.35 bits per heavy atom. The van der Waals surface area contributed by atoms with E-state index in [1.54, 1.807) is 0 Å². The van der Waals surface area contributed by atoms with Crippen LogP contribution in [0.15, 0.2) is 4.52 Å². The highest BCUT2D eigenvalue weighted by Gasteiger charge is 2.17. The van der Waals surface area contributed by atoms with E-state index in [1.807, 2.05) is 13.8 Å². The van der Waals surface area contributed by atoms with Crippen molar-refractivity contribution < 1.29 is 4.52 Å². The average Bonchev–Trinajstić information content (AvgIpc) is 2.93. The van der Waals surface area contributed by atoms with Crippen LogP contribution in [0.5, 0.6) is 0 Å². The molecule has 0 radical (unpaired) electrons.